The molecule has 3 heteroatoms. The number of allylic oxidation sites excluding steroid dienone is 2. The summed E-state index contributed by atoms with van der Waals surface area (Å²) in [4.78, 5) is 11.4. The summed E-state index contributed by atoms with van der Waals surface area (Å²) >= 11 is 0. The highest BCUT2D eigenvalue weighted by Gasteiger charge is 2.59. The number of carbonyl (C=O) groups excluding carboxylic acids is 1. The summed E-state index contributed by atoms with van der Waals surface area (Å²) in [5.41, 5.74) is 0.464. The Morgan fingerprint density at radius 2 is 1.96 bits per heavy atom. The topological polar surface area (TPSA) is 46.5 Å². The Labute approximate surface area is 153 Å². The first-order valence-corrected chi connectivity index (χ1v) is 9.71. The van der Waals surface area contributed by atoms with Crippen LogP contribution in [-0.2, 0) is 9.53 Å². The minimum Gasteiger partial charge on any atom is -0.465 e. The predicted molar refractivity (Wildman–Crippen MR) is 102 cm³/mol. The zero-order valence-corrected chi connectivity index (χ0v) is 16.6. The molecule has 2 aliphatic rings. The van der Waals surface area contributed by atoms with Gasteiger partial charge in [0.15, 0.2) is 0 Å². The van der Waals surface area contributed by atoms with Gasteiger partial charge in [-0.2, -0.15) is 0 Å². The van der Waals surface area contributed by atoms with Crippen molar-refractivity contribution < 1.29 is 14.6 Å². The first kappa shape index (κ1) is 20.2. The monoisotopic (exact) mass is 348 g/mol. The summed E-state index contributed by atoms with van der Waals surface area (Å²) < 4.78 is 5.45. The van der Waals surface area contributed by atoms with Crippen LogP contribution in [0.5, 0.6) is 0 Å². The number of esters is 1. The lowest BCUT2D eigenvalue weighted by Crippen LogP contribution is -2.59. The minimum atomic E-state index is -0.646. The van der Waals surface area contributed by atoms with Gasteiger partial charge in [0, 0.05) is 12.3 Å². The molecule has 0 aromatic carbocycles. The number of hydrogen-bond donors (Lipinski definition) is 1. The van der Waals surface area contributed by atoms with E-state index in [9.17, 15) is 9.90 Å². The second kappa shape index (κ2) is 7.26. The van der Waals surface area contributed by atoms with Crippen LogP contribution in [0.15, 0.2) is 24.8 Å². The molecular weight excluding hydrogens is 312 g/mol. The van der Waals surface area contributed by atoms with Crippen molar-refractivity contribution in [1.82, 2.24) is 0 Å². The standard InChI is InChI=1S/C22H36O3/c1-7-16(2)9-10-19-21(5)13-8-12-20(4,15-25-17(3)23)18(21)11-14-22(19,6)24/h7,18-19,24H,1-2,8-15H2,3-6H3. The summed E-state index contributed by atoms with van der Waals surface area (Å²) in [6, 6.07) is 0. The van der Waals surface area contributed by atoms with Crippen molar-refractivity contribution >= 4 is 5.97 Å². The summed E-state index contributed by atoms with van der Waals surface area (Å²) in [5.74, 6) is 0.498. The SMILES string of the molecule is C=CC(=C)CCC1C(C)(O)CCC2C(C)(COC(C)=O)CCCC12C. The van der Waals surface area contributed by atoms with Crippen molar-refractivity contribution in [2.75, 3.05) is 6.61 Å². The fourth-order valence-corrected chi connectivity index (χ4v) is 5.95. The van der Waals surface area contributed by atoms with Crippen LogP contribution in [0.3, 0.4) is 0 Å². The van der Waals surface area contributed by atoms with Crippen LogP contribution in [0.25, 0.3) is 0 Å². The summed E-state index contributed by atoms with van der Waals surface area (Å²) in [7, 11) is 0. The Morgan fingerprint density at radius 3 is 2.56 bits per heavy atom. The molecule has 1 N–H and O–H groups in total. The largest absolute Gasteiger partial charge is 0.465 e. The molecule has 0 spiro atoms. The Morgan fingerprint density at radius 1 is 1.28 bits per heavy atom. The van der Waals surface area contributed by atoms with Crippen LogP contribution in [-0.4, -0.2) is 23.3 Å². The molecule has 2 aliphatic carbocycles. The first-order chi connectivity index (χ1) is 11.5. The highest BCUT2D eigenvalue weighted by Crippen LogP contribution is 2.63. The molecule has 0 amide bonds. The quantitative estimate of drug-likeness (QED) is 0.540. The van der Waals surface area contributed by atoms with E-state index in [1.165, 1.54) is 6.92 Å². The van der Waals surface area contributed by atoms with Gasteiger partial charge in [0.1, 0.15) is 0 Å². The second-order valence-corrected chi connectivity index (χ2v) is 9.20. The third-order valence-electron chi connectivity index (χ3n) is 7.23. The molecule has 25 heavy (non-hydrogen) atoms. The van der Waals surface area contributed by atoms with Crippen LogP contribution < -0.4 is 0 Å². The minimum absolute atomic E-state index is 0.00284. The smallest absolute Gasteiger partial charge is 0.302 e. The van der Waals surface area contributed by atoms with Crippen molar-refractivity contribution in [3.8, 4) is 0 Å². The van der Waals surface area contributed by atoms with Gasteiger partial charge in [0.05, 0.1) is 12.2 Å². The van der Waals surface area contributed by atoms with Crippen molar-refractivity contribution in [1.29, 1.82) is 0 Å². The number of hydrogen-bond acceptors (Lipinski definition) is 3. The summed E-state index contributed by atoms with van der Waals surface area (Å²) in [5, 5.41) is 11.2. The molecule has 2 saturated carbocycles. The third-order valence-corrected chi connectivity index (χ3v) is 7.23. The maximum Gasteiger partial charge on any atom is 0.302 e. The van der Waals surface area contributed by atoms with Crippen LogP contribution in [0.4, 0.5) is 0 Å². The van der Waals surface area contributed by atoms with Gasteiger partial charge in [-0.15, -0.1) is 0 Å². The Hall–Kier alpha value is -1.09. The molecule has 5 atom stereocenters. The fourth-order valence-electron chi connectivity index (χ4n) is 5.95. The van der Waals surface area contributed by atoms with Gasteiger partial charge in [0.2, 0.25) is 0 Å². The van der Waals surface area contributed by atoms with E-state index in [4.69, 9.17) is 4.74 Å². The molecule has 2 rings (SSSR count). The number of ether oxygens (including phenoxy) is 1. The van der Waals surface area contributed by atoms with Gasteiger partial charge in [-0.25, -0.2) is 0 Å². The van der Waals surface area contributed by atoms with Crippen molar-refractivity contribution in [3.05, 3.63) is 24.8 Å². The number of carbonyl (C=O) groups is 1. The Kier molecular flexibility index (Phi) is 5.88. The lowest BCUT2D eigenvalue weighted by atomic mass is 9.45. The van der Waals surface area contributed by atoms with Gasteiger partial charge in [-0.05, 0) is 62.7 Å². The summed E-state index contributed by atoms with van der Waals surface area (Å²) in [6.45, 7) is 16.5. The van der Waals surface area contributed by atoms with Crippen molar-refractivity contribution in [3.63, 3.8) is 0 Å². The van der Waals surface area contributed by atoms with Crippen molar-refractivity contribution in [2.24, 2.45) is 22.7 Å². The predicted octanol–water partition coefficient (Wildman–Crippen LogP) is 5.05. The van der Waals surface area contributed by atoms with E-state index < -0.39 is 5.60 Å². The lowest BCUT2D eigenvalue weighted by molar-refractivity contribution is -0.186. The molecule has 0 aromatic heterocycles. The van der Waals surface area contributed by atoms with E-state index in [1.54, 1.807) is 0 Å². The molecule has 0 saturated heterocycles. The van der Waals surface area contributed by atoms with E-state index in [-0.39, 0.29) is 22.7 Å². The maximum atomic E-state index is 11.4. The van der Waals surface area contributed by atoms with Gasteiger partial charge < -0.3 is 9.84 Å². The van der Waals surface area contributed by atoms with Crippen LogP contribution >= 0.6 is 0 Å². The summed E-state index contributed by atoms with van der Waals surface area (Å²) in [6.07, 6.45) is 8.81. The first-order valence-electron chi connectivity index (χ1n) is 9.71. The Balaban J connectivity index is 2.28. The van der Waals surface area contributed by atoms with E-state index in [0.29, 0.717) is 12.5 Å². The molecule has 5 unspecified atom stereocenters. The lowest BCUT2D eigenvalue weighted by Gasteiger charge is -2.61. The average molecular weight is 349 g/mol. The normalized spacial score (nSPS) is 40.8. The maximum absolute atomic E-state index is 11.4. The number of fused-ring (bicyclic) bond motifs is 1. The number of rotatable bonds is 6. The van der Waals surface area contributed by atoms with Gasteiger partial charge in [-0.1, -0.05) is 45.1 Å². The molecule has 0 heterocycles. The fraction of sp³-hybridized carbons (Fsp3) is 0.773. The molecule has 3 nitrogen and oxygen atoms in total. The average Bonchev–Trinajstić information content (AvgIpc) is 2.51. The molecule has 142 valence electrons. The van der Waals surface area contributed by atoms with E-state index in [1.807, 2.05) is 13.0 Å². The molecule has 0 bridgehead atoms. The van der Waals surface area contributed by atoms with Gasteiger partial charge in [-0.3, -0.25) is 4.79 Å². The molecule has 0 radical (unpaired) electrons. The van der Waals surface area contributed by atoms with E-state index in [2.05, 4.69) is 27.0 Å². The van der Waals surface area contributed by atoms with E-state index in [0.717, 1.165) is 50.5 Å². The van der Waals surface area contributed by atoms with Crippen LogP contribution in [0.1, 0.15) is 72.6 Å². The molecule has 2 fully saturated rings. The second-order valence-electron chi connectivity index (χ2n) is 9.20. The zero-order valence-electron chi connectivity index (χ0n) is 16.6. The molecule has 0 aliphatic heterocycles. The zero-order chi connectivity index (χ0) is 18.9. The number of aliphatic hydroxyl groups is 1. The third kappa shape index (κ3) is 4.02. The van der Waals surface area contributed by atoms with Crippen molar-refractivity contribution in [2.45, 2.75) is 78.2 Å². The van der Waals surface area contributed by atoms with Gasteiger partial charge >= 0.3 is 5.97 Å². The Bertz CT molecular complexity index is 535. The van der Waals surface area contributed by atoms with Crippen LogP contribution in [0, 0.1) is 22.7 Å². The molecular formula is C22H36O3. The van der Waals surface area contributed by atoms with Gasteiger partial charge in [0.25, 0.3) is 0 Å². The molecule has 0 aromatic rings. The highest BCUT2D eigenvalue weighted by atomic mass is 16.5. The van der Waals surface area contributed by atoms with E-state index >= 15 is 0 Å². The highest BCUT2D eigenvalue weighted by molar-refractivity contribution is 5.65. The van der Waals surface area contributed by atoms with Crippen LogP contribution in [0.2, 0.25) is 0 Å².